The van der Waals surface area contributed by atoms with Crippen LogP contribution in [0.15, 0.2) is 17.1 Å². The fraction of sp³-hybridized carbons (Fsp3) is 0.417. The van der Waals surface area contributed by atoms with Gasteiger partial charge in [0.2, 0.25) is 0 Å². The van der Waals surface area contributed by atoms with Crippen LogP contribution >= 0.6 is 11.8 Å². The third-order valence-electron chi connectivity index (χ3n) is 2.68. The molecule has 1 N–H and O–H groups in total. The normalized spacial score (nSPS) is 19.2. The van der Waals surface area contributed by atoms with Gasteiger partial charge in [0, 0.05) is 17.9 Å². The lowest BCUT2D eigenvalue weighted by Crippen LogP contribution is -2.12. The number of nitrogens with zero attached hydrogens (tertiary/aromatic N) is 1. The van der Waals surface area contributed by atoms with Gasteiger partial charge in [0.1, 0.15) is 11.5 Å². The Balaban J connectivity index is 2.18. The Bertz CT molecular complexity index is 465. The molecule has 0 unspecified atom stereocenters. The number of benzene rings is 1. The first-order valence-corrected chi connectivity index (χ1v) is 6.58. The van der Waals surface area contributed by atoms with Crippen LogP contribution in [0, 0.1) is 23.4 Å². The second kappa shape index (κ2) is 5.22. The molecule has 0 spiro atoms. The van der Waals surface area contributed by atoms with Crippen LogP contribution in [0.5, 0.6) is 0 Å². The van der Waals surface area contributed by atoms with Crippen molar-refractivity contribution in [3.8, 4) is 0 Å². The molecule has 0 aliphatic carbocycles. The van der Waals surface area contributed by atoms with Crippen LogP contribution in [0.4, 0.5) is 18.9 Å². The van der Waals surface area contributed by atoms with Gasteiger partial charge >= 0.3 is 0 Å². The van der Waals surface area contributed by atoms with E-state index in [1.165, 1.54) is 11.8 Å². The van der Waals surface area contributed by atoms with Gasteiger partial charge in [0.15, 0.2) is 16.8 Å². The average molecular weight is 274 g/mol. The minimum Gasteiger partial charge on any atom is -0.330 e. The number of halogens is 3. The molecule has 2 nitrogen and oxygen atoms in total. The average Bonchev–Trinajstić information content (AvgIpc) is 2.71. The number of hydrogen-bond donors (Lipinski definition) is 1. The molecule has 1 aliphatic rings. The number of aliphatic imine (C=N–C) groups is 1. The van der Waals surface area contributed by atoms with Gasteiger partial charge in [-0.05, 0) is 5.92 Å². The first-order valence-electron chi connectivity index (χ1n) is 5.59. The zero-order chi connectivity index (χ0) is 13.3. The van der Waals surface area contributed by atoms with E-state index < -0.39 is 17.5 Å². The molecule has 0 saturated carbocycles. The summed E-state index contributed by atoms with van der Waals surface area (Å²) in [7, 11) is 0. The number of nitrogens with one attached hydrogen (secondary N) is 1. The summed E-state index contributed by atoms with van der Waals surface area (Å²) in [6, 6.07) is 1.43. The van der Waals surface area contributed by atoms with E-state index in [9.17, 15) is 13.2 Å². The maximum absolute atomic E-state index is 13.4. The highest BCUT2D eigenvalue weighted by Gasteiger charge is 2.22. The zero-order valence-electron chi connectivity index (χ0n) is 10.0. The van der Waals surface area contributed by atoms with E-state index in [1.54, 1.807) is 0 Å². The van der Waals surface area contributed by atoms with Gasteiger partial charge in [0.25, 0.3) is 0 Å². The molecular weight excluding hydrogens is 261 g/mol. The third kappa shape index (κ3) is 2.80. The molecule has 0 saturated heterocycles. The molecule has 1 aromatic rings. The molecule has 0 aromatic heterocycles. The van der Waals surface area contributed by atoms with Gasteiger partial charge in [-0.3, -0.25) is 4.99 Å². The van der Waals surface area contributed by atoms with E-state index in [2.05, 4.69) is 10.3 Å². The number of anilines is 1. The molecule has 1 heterocycles. The fourth-order valence-electron chi connectivity index (χ4n) is 1.57. The van der Waals surface area contributed by atoms with E-state index in [4.69, 9.17) is 0 Å². The molecule has 6 heteroatoms. The standard InChI is InChI=1S/C12H13F3N2S/c1-6(2)10-5-18-12(16-10)17-11-8(14)3-7(13)4-9(11)15/h3-4,6,10H,5H2,1-2H3,(H,16,17)/t10-/m1/s1. The summed E-state index contributed by atoms with van der Waals surface area (Å²) in [5.74, 6) is -1.69. The maximum Gasteiger partial charge on any atom is 0.161 e. The zero-order valence-corrected chi connectivity index (χ0v) is 10.8. The van der Waals surface area contributed by atoms with Crippen molar-refractivity contribution in [3.63, 3.8) is 0 Å². The first-order chi connectivity index (χ1) is 8.47. The smallest absolute Gasteiger partial charge is 0.161 e. The van der Waals surface area contributed by atoms with E-state index >= 15 is 0 Å². The van der Waals surface area contributed by atoms with Crippen molar-refractivity contribution in [2.45, 2.75) is 19.9 Å². The van der Waals surface area contributed by atoms with E-state index in [0.717, 1.165) is 5.75 Å². The summed E-state index contributed by atoms with van der Waals surface area (Å²) < 4.78 is 39.6. The molecule has 98 valence electrons. The quantitative estimate of drug-likeness (QED) is 0.890. The SMILES string of the molecule is CC(C)[C@H]1CSC(Nc2c(F)cc(F)cc2F)=N1. The second-order valence-electron chi connectivity index (χ2n) is 4.43. The Labute approximate surface area is 108 Å². The van der Waals surface area contributed by atoms with Crippen molar-refractivity contribution < 1.29 is 13.2 Å². The lowest BCUT2D eigenvalue weighted by molar-refractivity contribution is 0.542. The van der Waals surface area contributed by atoms with Gasteiger partial charge in [-0.1, -0.05) is 25.6 Å². The molecule has 1 atom stereocenters. The van der Waals surface area contributed by atoms with Crippen LogP contribution in [-0.4, -0.2) is 17.0 Å². The number of thioether (sulfide) groups is 1. The number of amidine groups is 1. The molecule has 2 rings (SSSR count). The Morgan fingerprint density at radius 2 is 1.89 bits per heavy atom. The molecule has 18 heavy (non-hydrogen) atoms. The van der Waals surface area contributed by atoms with Gasteiger partial charge in [-0.2, -0.15) is 0 Å². The molecule has 0 amide bonds. The Kier molecular flexibility index (Phi) is 3.85. The van der Waals surface area contributed by atoms with Crippen molar-refractivity contribution in [1.82, 2.24) is 0 Å². The van der Waals surface area contributed by atoms with E-state index in [1.807, 2.05) is 13.8 Å². The minimum absolute atomic E-state index is 0.143. The van der Waals surface area contributed by atoms with Crippen LogP contribution in [0.3, 0.4) is 0 Å². The minimum atomic E-state index is -0.955. The highest BCUT2D eigenvalue weighted by molar-refractivity contribution is 8.14. The van der Waals surface area contributed by atoms with Crippen LogP contribution in [0.1, 0.15) is 13.8 Å². The molecule has 0 radical (unpaired) electrons. The topological polar surface area (TPSA) is 24.4 Å². The lowest BCUT2D eigenvalue weighted by atomic mass is 10.1. The van der Waals surface area contributed by atoms with Crippen LogP contribution in [0.2, 0.25) is 0 Å². The van der Waals surface area contributed by atoms with Crippen molar-refractivity contribution in [1.29, 1.82) is 0 Å². The van der Waals surface area contributed by atoms with Gasteiger partial charge in [-0.15, -0.1) is 0 Å². The monoisotopic (exact) mass is 274 g/mol. The summed E-state index contributed by atoms with van der Waals surface area (Å²) in [6.45, 7) is 4.08. The molecular formula is C12H13F3N2S. The summed E-state index contributed by atoms with van der Waals surface area (Å²) in [5, 5.41) is 3.06. The fourth-order valence-corrected chi connectivity index (χ4v) is 2.74. The predicted molar refractivity (Wildman–Crippen MR) is 68.5 cm³/mol. The number of hydrogen-bond acceptors (Lipinski definition) is 3. The summed E-state index contributed by atoms with van der Waals surface area (Å²) in [4.78, 5) is 4.33. The van der Waals surface area contributed by atoms with Gasteiger partial charge in [0.05, 0.1) is 6.04 Å². The summed E-state index contributed by atoms with van der Waals surface area (Å²) in [6.07, 6.45) is 0. The first kappa shape index (κ1) is 13.3. The van der Waals surface area contributed by atoms with Crippen LogP contribution < -0.4 is 5.32 Å². The summed E-state index contributed by atoms with van der Waals surface area (Å²) >= 11 is 1.41. The predicted octanol–water partition coefficient (Wildman–Crippen LogP) is 3.64. The Hall–Kier alpha value is -1.17. The van der Waals surface area contributed by atoms with Gasteiger partial charge < -0.3 is 5.32 Å². The molecule has 0 bridgehead atoms. The van der Waals surface area contributed by atoms with Crippen molar-refractivity contribution in [3.05, 3.63) is 29.6 Å². The number of rotatable bonds is 2. The molecule has 1 aromatic carbocycles. The molecule has 0 fully saturated rings. The van der Waals surface area contributed by atoms with E-state index in [0.29, 0.717) is 23.2 Å². The van der Waals surface area contributed by atoms with E-state index in [-0.39, 0.29) is 11.7 Å². The summed E-state index contributed by atoms with van der Waals surface area (Å²) in [5.41, 5.74) is -0.355. The highest BCUT2D eigenvalue weighted by atomic mass is 32.2. The highest BCUT2D eigenvalue weighted by Crippen LogP contribution is 2.27. The molecule has 1 aliphatic heterocycles. The third-order valence-corrected chi connectivity index (χ3v) is 3.67. The van der Waals surface area contributed by atoms with Crippen LogP contribution in [-0.2, 0) is 0 Å². The Morgan fingerprint density at radius 3 is 2.39 bits per heavy atom. The van der Waals surface area contributed by atoms with Gasteiger partial charge in [-0.25, -0.2) is 13.2 Å². The van der Waals surface area contributed by atoms with Crippen molar-refractivity contribution in [2.24, 2.45) is 10.9 Å². The van der Waals surface area contributed by atoms with Crippen LogP contribution in [0.25, 0.3) is 0 Å². The largest absolute Gasteiger partial charge is 0.330 e. The van der Waals surface area contributed by atoms with Crippen molar-refractivity contribution in [2.75, 3.05) is 11.1 Å². The second-order valence-corrected chi connectivity index (χ2v) is 5.43. The maximum atomic E-state index is 13.4. The van der Waals surface area contributed by atoms with Crippen molar-refractivity contribution >= 4 is 22.6 Å². The lowest BCUT2D eigenvalue weighted by Gasteiger charge is -2.08. The Morgan fingerprint density at radius 1 is 1.28 bits per heavy atom.